The third kappa shape index (κ3) is 4.15. The third-order valence-electron chi connectivity index (χ3n) is 5.50. The van der Waals surface area contributed by atoms with Crippen LogP contribution in [0.5, 0.6) is 5.88 Å². The van der Waals surface area contributed by atoms with Crippen LogP contribution >= 0.6 is 0 Å². The second-order valence-electron chi connectivity index (χ2n) is 7.67. The van der Waals surface area contributed by atoms with E-state index in [-0.39, 0.29) is 22.7 Å². The molecule has 10 nitrogen and oxygen atoms in total. The van der Waals surface area contributed by atoms with Gasteiger partial charge in [-0.2, -0.15) is 13.5 Å². The lowest BCUT2D eigenvalue weighted by molar-refractivity contribution is 0.0981. The Morgan fingerprint density at radius 3 is 2.47 bits per heavy atom. The van der Waals surface area contributed by atoms with E-state index in [9.17, 15) is 13.2 Å². The van der Waals surface area contributed by atoms with Crippen LogP contribution in [0, 0.1) is 0 Å². The summed E-state index contributed by atoms with van der Waals surface area (Å²) in [7, 11) is -2.56. The fourth-order valence-corrected chi connectivity index (χ4v) is 4.75. The number of hydrogen-bond acceptors (Lipinski definition) is 8. The number of rotatable bonds is 6. The molecule has 3 aromatic rings. The van der Waals surface area contributed by atoms with Gasteiger partial charge in [-0.25, -0.2) is 14.7 Å². The molecule has 1 amide bonds. The average Bonchev–Trinajstić information content (AvgIpc) is 3.44. The van der Waals surface area contributed by atoms with Gasteiger partial charge in [0.15, 0.2) is 5.03 Å². The predicted molar refractivity (Wildman–Crippen MR) is 118 cm³/mol. The first-order chi connectivity index (χ1) is 15.3. The number of hydrogen-bond donors (Lipinski definition) is 2. The Morgan fingerprint density at radius 2 is 1.81 bits per heavy atom. The van der Waals surface area contributed by atoms with Crippen LogP contribution in [0.25, 0.3) is 11.4 Å². The molecule has 3 aromatic heterocycles. The number of ether oxygens (including phenoxy) is 1. The van der Waals surface area contributed by atoms with E-state index in [1.54, 1.807) is 30.3 Å². The quantitative estimate of drug-likeness (QED) is 0.578. The topological polar surface area (TPSA) is 130 Å². The third-order valence-corrected chi connectivity index (χ3v) is 6.76. The summed E-state index contributed by atoms with van der Waals surface area (Å²) in [6.07, 6.45) is 3.19. The Labute approximate surface area is 186 Å². The van der Waals surface area contributed by atoms with Crippen LogP contribution < -0.4 is 14.4 Å². The lowest BCUT2D eigenvalue weighted by Crippen LogP contribution is -2.37. The minimum Gasteiger partial charge on any atom is -0.481 e. The molecule has 0 radical (unpaired) electrons. The first kappa shape index (κ1) is 21.8. The Balaban J connectivity index is 1.77. The fraction of sp³-hybridized carbons (Fsp3) is 0.333. The van der Waals surface area contributed by atoms with Crippen molar-refractivity contribution in [2.75, 3.05) is 12.0 Å². The number of nitrogens with one attached hydrogen (secondary N) is 2. The first-order valence-corrected chi connectivity index (χ1v) is 11.7. The van der Waals surface area contributed by atoms with Crippen LogP contribution in [0.1, 0.15) is 37.0 Å². The smallest absolute Gasteiger partial charge is 0.281 e. The van der Waals surface area contributed by atoms with Crippen LogP contribution in [-0.4, -0.2) is 53.7 Å². The summed E-state index contributed by atoms with van der Waals surface area (Å²) < 4.78 is 32.4. The Kier molecular flexibility index (Phi) is 5.83. The minimum absolute atomic E-state index is 0.141. The van der Waals surface area contributed by atoms with E-state index in [0.29, 0.717) is 23.1 Å². The summed E-state index contributed by atoms with van der Waals surface area (Å²) in [4.78, 5) is 24.3. The van der Waals surface area contributed by atoms with Crippen molar-refractivity contribution in [2.45, 2.75) is 43.8 Å². The van der Waals surface area contributed by atoms with Crippen molar-refractivity contribution in [2.24, 2.45) is 0 Å². The zero-order chi connectivity index (χ0) is 22.9. The number of aromatic nitrogens is 4. The number of anilines is 1. The number of carbonyl (C=O) groups excluding carboxylic acids is 1. The van der Waals surface area contributed by atoms with Crippen molar-refractivity contribution in [1.29, 1.82) is 0 Å². The van der Waals surface area contributed by atoms with E-state index in [1.807, 2.05) is 0 Å². The maximum absolute atomic E-state index is 13.1. The van der Waals surface area contributed by atoms with Crippen molar-refractivity contribution in [3.05, 3.63) is 48.2 Å². The van der Waals surface area contributed by atoms with Gasteiger partial charge in [-0.3, -0.25) is 9.89 Å². The average molecular weight is 457 g/mol. The van der Waals surface area contributed by atoms with Gasteiger partial charge in [-0.05, 0) is 51.0 Å². The molecule has 1 fully saturated rings. The van der Waals surface area contributed by atoms with Crippen LogP contribution in [0.15, 0.2) is 47.6 Å². The summed E-state index contributed by atoms with van der Waals surface area (Å²) >= 11 is 0. The monoisotopic (exact) mass is 456 g/mol. The SMILES string of the molecule is COc1cccc(-c2ccc(C(=O)NS(=O)(=O)c3ccn[nH]3)c(N3[C@H](C)CC[C@@H]3C)n2)n1. The van der Waals surface area contributed by atoms with Crippen LogP contribution in [0.2, 0.25) is 0 Å². The normalized spacial score (nSPS) is 18.5. The van der Waals surface area contributed by atoms with Crippen LogP contribution in [0.4, 0.5) is 5.82 Å². The minimum atomic E-state index is -4.10. The molecule has 2 N–H and O–H groups in total. The largest absolute Gasteiger partial charge is 0.481 e. The molecule has 0 aliphatic carbocycles. The molecular weight excluding hydrogens is 432 g/mol. The summed E-state index contributed by atoms with van der Waals surface area (Å²) in [5.41, 5.74) is 1.31. The van der Waals surface area contributed by atoms with E-state index in [1.165, 1.54) is 19.4 Å². The number of methoxy groups -OCH3 is 1. The van der Waals surface area contributed by atoms with Crippen molar-refractivity contribution in [1.82, 2.24) is 24.9 Å². The maximum atomic E-state index is 13.1. The van der Waals surface area contributed by atoms with E-state index in [2.05, 4.69) is 38.7 Å². The van der Waals surface area contributed by atoms with E-state index in [0.717, 1.165) is 12.8 Å². The van der Waals surface area contributed by atoms with Crippen LogP contribution in [-0.2, 0) is 10.0 Å². The molecule has 1 aliphatic rings. The second-order valence-corrected chi connectivity index (χ2v) is 9.32. The van der Waals surface area contributed by atoms with Crippen molar-refractivity contribution in [3.8, 4) is 17.3 Å². The van der Waals surface area contributed by atoms with Crippen LogP contribution in [0.3, 0.4) is 0 Å². The highest BCUT2D eigenvalue weighted by molar-refractivity contribution is 7.90. The Bertz CT molecular complexity index is 1220. The summed E-state index contributed by atoms with van der Waals surface area (Å²) in [6, 6.07) is 10.1. The molecule has 0 aromatic carbocycles. The molecule has 0 bridgehead atoms. The molecule has 0 spiro atoms. The molecule has 0 unspecified atom stereocenters. The zero-order valence-corrected chi connectivity index (χ0v) is 18.8. The van der Waals surface area contributed by atoms with E-state index >= 15 is 0 Å². The number of aromatic amines is 1. The van der Waals surface area contributed by atoms with Crippen molar-refractivity contribution < 1.29 is 17.9 Å². The number of nitrogens with zero attached hydrogens (tertiary/aromatic N) is 4. The standard InChI is InChI=1S/C21H24N6O4S/c1-13-7-8-14(2)27(13)20-15(21(28)26-32(29,30)19-11-12-22-25-19)9-10-17(24-20)16-5-4-6-18(23-16)31-3/h4-6,9-14H,7-8H2,1-3H3,(H,22,25)(H,26,28)/t13-,14+. The van der Waals surface area contributed by atoms with Gasteiger partial charge < -0.3 is 9.64 Å². The summed E-state index contributed by atoms with van der Waals surface area (Å²) in [5, 5.41) is 5.80. The maximum Gasteiger partial charge on any atom is 0.281 e. The Hall–Kier alpha value is -3.47. The number of amides is 1. The zero-order valence-electron chi connectivity index (χ0n) is 17.9. The molecule has 168 valence electrons. The highest BCUT2D eigenvalue weighted by Crippen LogP contribution is 2.33. The molecule has 32 heavy (non-hydrogen) atoms. The van der Waals surface area contributed by atoms with Gasteiger partial charge in [-0.1, -0.05) is 6.07 Å². The van der Waals surface area contributed by atoms with Crippen molar-refractivity contribution in [3.63, 3.8) is 0 Å². The Morgan fingerprint density at radius 1 is 1.09 bits per heavy atom. The van der Waals surface area contributed by atoms with Gasteiger partial charge in [0.25, 0.3) is 15.9 Å². The lowest BCUT2D eigenvalue weighted by atomic mass is 10.1. The lowest BCUT2D eigenvalue weighted by Gasteiger charge is -2.29. The molecule has 0 saturated carbocycles. The van der Waals surface area contributed by atoms with Gasteiger partial charge in [-0.15, -0.1) is 0 Å². The molecule has 4 heterocycles. The van der Waals surface area contributed by atoms with Gasteiger partial charge in [0.1, 0.15) is 5.82 Å². The molecule has 2 atom stereocenters. The molecule has 1 saturated heterocycles. The van der Waals surface area contributed by atoms with Gasteiger partial charge in [0, 0.05) is 18.2 Å². The van der Waals surface area contributed by atoms with Crippen molar-refractivity contribution >= 4 is 21.7 Å². The number of pyridine rings is 2. The van der Waals surface area contributed by atoms with E-state index < -0.39 is 15.9 Å². The number of sulfonamides is 1. The second kappa shape index (κ2) is 8.58. The molecular formula is C21H24N6O4S. The van der Waals surface area contributed by atoms with E-state index in [4.69, 9.17) is 9.72 Å². The van der Waals surface area contributed by atoms with Gasteiger partial charge >= 0.3 is 0 Å². The molecule has 1 aliphatic heterocycles. The first-order valence-electron chi connectivity index (χ1n) is 10.2. The van der Waals surface area contributed by atoms with Gasteiger partial charge in [0.2, 0.25) is 5.88 Å². The van der Waals surface area contributed by atoms with Gasteiger partial charge in [0.05, 0.1) is 30.3 Å². The fourth-order valence-electron chi connectivity index (χ4n) is 3.87. The summed E-state index contributed by atoms with van der Waals surface area (Å²) in [5.74, 6) is 0.0988. The highest BCUT2D eigenvalue weighted by Gasteiger charge is 2.33. The highest BCUT2D eigenvalue weighted by atomic mass is 32.2. The number of H-pyrrole nitrogens is 1. The predicted octanol–water partition coefficient (Wildman–Crippen LogP) is 2.37. The molecule has 11 heteroatoms. The summed E-state index contributed by atoms with van der Waals surface area (Å²) in [6.45, 7) is 4.12. The molecule has 4 rings (SSSR count). The number of carbonyl (C=O) groups is 1.